The van der Waals surface area contributed by atoms with Crippen molar-refractivity contribution in [3.05, 3.63) is 93.7 Å². The zero-order valence-corrected chi connectivity index (χ0v) is 18.3. The number of carbonyl (C=O) groups is 1. The zero-order chi connectivity index (χ0) is 20.9. The summed E-state index contributed by atoms with van der Waals surface area (Å²) in [7, 11) is 0. The molecule has 0 aliphatic carbocycles. The standard InChI is InChI=1S/C23H18BrN3O2S/c24-18-11-5-7-13-20(18)25-21(28)14-15-30-23-26-19-12-6-4-10-17(19)22(29)27(23)16-8-2-1-3-9-16/h1-13H,14-15H2,(H,25,28). The van der Waals surface area contributed by atoms with Gasteiger partial charge in [0.2, 0.25) is 5.91 Å². The molecule has 0 bridgehead atoms. The highest BCUT2D eigenvalue weighted by atomic mass is 79.9. The van der Waals surface area contributed by atoms with Gasteiger partial charge >= 0.3 is 0 Å². The molecule has 7 heteroatoms. The number of hydrogen-bond donors (Lipinski definition) is 1. The van der Waals surface area contributed by atoms with E-state index in [1.807, 2.05) is 72.8 Å². The molecule has 0 saturated heterocycles. The van der Waals surface area contributed by atoms with E-state index in [4.69, 9.17) is 4.98 Å². The second-order valence-electron chi connectivity index (χ2n) is 6.51. The zero-order valence-electron chi connectivity index (χ0n) is 15.9. The van der Waals surface area contributed by atoms with E-state index in [2.05, 4.69) is 21.2 Å². The number of halogens is 1. The summed E-state index contributed by atoms with van der Waals surface area (Å²) < 4.78 is 2.44. The van der Waals surface area contributed by atoms with Crippen molar-refractivity contribution >= 4 is 50.2 Å². The van der Waals surface area contributed by atoms with Crippen LogP contribution in [0.3, 0.4) is 0 Å². The molecule has 1 heterocycles. The van der Waals surface area contributed by atoms with Crippen LogP contribution in [-0.2, 0) is 4.79 Å². The van der Waals surface area contributed by atoms with Crippen molar-refractivity contribution in [2.24, 2.45) is 0 Å². The molecule has 30 heavy (non-hydrogen) atoms. The molecule has 1 amide bonds. The second kappa shape index (κ2) is 9.28. The number of rotatable bonds is 6. The van der Waals surface area contributed by atoms with E-state index in [1.165, 1.54) is 11.8 Å². The van der Waals surface area contributed by atoms with Crippen molar-refractivity contribution in [1.82, 2.24) is 9.55 Å². The number of aromatic nitrogens is 2. The Kier molecular flexibility index (Phi) is 6.30. The Labute approximate surface area is 186 Å². The van der Waals surface area contributed by atoms with Crippen LogP contribution in [0.2, 0.25) is 0 Å². The molecule has 0 aliphatic rings. The normalized spacial score (nSPS) is 10.8. The molecule has 150 valence electrons. The van der Waals surface area contributed by atoms with Gasteiger partial charge in [-0.1, -0.05) is 54.2 Å². The Morgan fingerprint density at radius 1 is 0.967 bits per heavy atom. The molecule has 0 unspecified atom stereocenters. The van der Waals surface area contributed by atoms with Crippen molar-refractivity contribution in [2.75, 3.05) is 11.1 Å². The number of nitrogens with one attached hydrogen (secondary N) is 1. The number of nitrogens with zero attached hydrogens (tertiary/aromatic N) is 2. The third kappa shape index (κ3) is 4.47. The minimum Gasteiger partial charge on any atom is -0.325 e. The number of hydrogen-bond acceptors (Lipinski definition) is 4. The summed E-state index contributed by atoms with van der Waals surface area (Å²) in [5, 5.41) is 4.03. The first-order valence-corrected chi connectivity index (χ1v) is 11.2. The van der Waals surface area contributed by atoms with Crippen LogP contribution < -0.4 is 10.9 Å². The minimum absolute atomic E-state index is 0.0937. The molecule has 1 N–H and O–H groups in total. The molecule has 1 aromatic heterocycles. The van der Waals surface area contributed by atoms with E-state index in [1.54, 1.807) is 10.6 Å². The molecule has 0 aliphatic heterocycles. The molecule has 0 atom stereocenters. The van der Waals surface area contributed by atoms with Gasteiger partial charge in [-0.25, -0.2) is 4.98 Å². The summed E-state index contributed by atoms with van der Waals surface area (Å²) in [4.78, 5) is 30.2. The number of para-hydroxylation sites is 3. The lowest BCUT2D eigenvalue weighted by atomic mass is 10.2. The molecule has 0 radical (unpaired) electrons. The summed E-state index contributed by atoms with van der Waals surface area (Å²) in [5.41, 5.74) is 2.01. The Hall–Kier alpha value is -2.90. The molecular formula is C23H18BrN3O2S. The number of benzene rings is 3. The molecule has 0 fully saturated rings. The molecule has 0 spiro atoms. The van der Waals surface area contributed by atoms with Crippen LogP contribution in [0, 0.1) is 0 Å². The Morgan fingerprint density at radius 3 is 2.47 bits per heavy atom. The van der Waals surface area contributed by atoms with Crippen LogP contribution in [0.1, 0.15) is 6.42 Å². The van der Waals surface area contributed by atoms with Crippen molar-refractivity contribution in [3.8, 4) is 5.69 Å². The molecular weight excluding hydrogens is 462 g/mol. The Bertz CT molecular complexity index is 1260. The second-order valence-corrected chi connectivity index (χ2v) is 8.43. The van der Waals surface area contributed by atoms with Crippen LogP contribution >= 0.6 is 27.7 Å². The number of carbonyl (C=O) groups excluding carboxylic acids is 1. The maximum absolute atomic E-state index is 13.2. The lowest BCUT2D eigenvalue weighted by Crippen LogP contribution is -2.22. The lowest BCUT2D eigenvalue weighted by molar-refractivity contribution is -0.115. The van der Waals surface area contributed by atoms with E-state index >= 15 is 0 Å². The predicted octanol–water partition coefficient (Wildman–Crippen LogP) is 5.27. The third-order valence-corrected chi connectivity index (χ3v) is 6.10. The van der Waals surface area contributed by atoms with Crippen molar-refractivity contribution < 1.29 is 4.79 Å². The molecule has 5 nitrogen and oxygen atoms in total. The van der Waals surface area contributed by atoms with Gasteiger partial charge in [-0.05, 0) is 52.3 Å². The van der Waals surface area contributed by atoms with Crippen molar-refractivity contribution in [2.45, 2.75) is 11.6 Å². The fourth-order valence-corrected chi connectivity index (χ4v) is 4.36. The number of thioether (sulfide) groups is 1. The maximum atomic E-state index is 13.2. The van der Waals surface area contributed by atoms with Gasteiger partial charge in [0, 0.05) is 16.6 Å². The van der Waals surface area contributed by atoms with E-state index < -0.39 is 0 Å². The summed E-state index contributed by atoms with van der Waals surface area (Å²) in [5.74, 6) is 0.400. The summed E-state index contributed by atoms with van der Waals surface area (Å²) in [6, 6.07) is 24.2. The van der Waals surface area contributed by atoms with E-state index in [0.29, 0.717) is 28.2 Å². The van der Waals surface area contributed by atoms with Crippen LogP contribution in [0.4, 0.5) is 5.69 Å². The molecule has 4 rings (SSSR count). The topological polar surface area (TPSA) is 64.0 Å². The van der Waals surface area contributed by atoms with E-state index in [-0.39, 0.29) is 11.5 Å². The number of anilines is 1. The molecule has 4 aromatic rings. The highest BCUT2D eigenvalue weighted by molar-refractivity contribution is 9.10. The van der Waals surface area contributed by atoms with Crippen LogP contribution in [0.25, 0.3) is 16.6 Å². The fourth-order valence-electron chi connectivity index (χ4n) is 3.02. The van der Waals surface area contributed by atoms with Gasteiger partial charge in [0.15, 0.2) is 5.16 Å². The number of fused-ring (bicyclic) bond motifs is 1. The van der Waals surface area contributed by atoms with Gasteiger partial charge in [-0.2, -0.15) is 0 Å². The number of amides is 1. The van der Waals surface area contributed by atoms with Gasteiger partial charge in [-0.15, -0.1) is 0 Å². The lowest BCUT2D eigenvalue weighted by Gasteiger charge is -2.13. The highest BCUT2D eigenvalue weighted by Crippen LogP contribution is 2.24. The quantitative estimate of drug-likeness (QED) is 0.302. The Morgan fingerprint density at radius 2 is 1.67 bits per heavy atom. The minimum atomic E-state index is -0.119. The van der Waals surface area contributed by atoms with Gasteiger partial charge in [0.1, 0.15) is 0 Å². The van der Waals surface area contributed by atoms with E-state index in [0.717, 1.165) is 15.8 Å². The Balaban J connectivity index is 1.57. The first-order valence-electron chi connectivity index (χ1n) is 9.38. The highest BCUT2D eigenvalue weighted by Gasteiger charge is 2.14. The molecule has 3 aromatic carbocycles. The van der Waals surface area contributed by atoms with Gasteiger partial charge in [0.05, 0.1) is 22.3 Å². The summed E-state index contributed by atoms with van der Waals surface area (Å²) in [6.45, 7) is 0. The van der Waals surface area contributed by atoms with Gasteiger partial charge < -0.3 is 5.32 Å². The average Bonchev–Trinajstić information content (AvgIpc) is 2.76. The van der Waals surface area contributed by atoms with E-state index in [9.17, 15) is 9.59 Å². The first kappa shape index (κ1) is 20.4. The summed E-state index contributed by atoms with van der Waals surface area (Å²) >= 11 is 4.82. The summed E-state index contributed by atoms with van der Waals surface area (Å²) in [6.07, 6.45) is 0.295. The largest absolute Gasteiger partial charge is 0.325 e. The van der Waals surface area contributed by atoms with Crippen LogP contribution in [0.5, 0.6) is 0 Å². The third-order valence-electron chi connectivity index (χ3n) is 4.47. The average molecular weight is 480 g/mol. The van der Waals surface area contributed by atoms with Crippen molar-refractivity contribution in [1.29, 1.82) is 0 Å². The van der Waals surface area contributed by atoms with Gasteiger partial charge in [-0.3, -0.25) is 14.2 Å². The van der Waals surface area contributed by atoms with Crippen LogP contribution in [0.15, 0.2) is 93.3 Å². The predicted molar refractivity (Wildman–Crippen MR) is 125 cm³/mol. The SMILES string of the molecule is O=C(CCSc1nc2ccccc2c(=O)n1-c1ccccc1)Nc1ccccc1Br. The smallest absolute Gasteiger partial charge is 0.266 e. The van der Waals surface area contributed by atoms with Gasteiger partial charge in [0.25, 0.3) is 5.56 Å². The fraction of sp³-hybridized carbons (Fsp3) is 0.0870. The maximum Gasteiger partial charge on any atom is 0.266 e. The monoisotopic (exact) mass is 479 g/mol. The first-order chi connectivity index (χ1) is 14.6. The van der Waals surface area contributed by atoms with Crippen molar-refractivity contribution in [3.63, 3.8) is 0 Å². The van der Waals surface area contributed by atoms with Crippen LogP contribution in [-0.4, -0.2) is 21.2 Å². The molecule has 0 saturated carbocycles.